The number of hydrogen-bond acceptors (Lipinski definition) is 4. The first kappa shape index (κ1) is 14.7. The maximum atomic E-state index is 12.4. The Bertz CT molecular complexity index is 538. The molecular formula is C14H17NO4S. The van der Waals surface area contributed by atoms with Crippen LogP contribution >= 0.6 is 11.8 Å². The zero-order valence-corrected chi connectivity index (χ0v) is 12.3. The molecule has 1 atom stereocenters. The van der Waals surface area contributed by atoms with Gasteiger partial charge in [0.25, 0.3) is 5.91 Å². The van der Waals surface area contributed by atoms with Crippen molar-refractivity contribution in [1.82, 2.24) is 5.32 Å². The highest BCUT2D eigenvalue weighted by Gasteiger charge is 2.43. The second-order valence-corrected chi connectivity index (χ2v) is 5.95. The molecule has 6 heteroatoms. The molecule has 0 bridgehead atoms. The van der Waals surface area contributed by atoms with Crippen molar-refractivity contribution in [2.24, 2.45) is 0 Å². The lowest BCUT2D eigenvalue weighted by Crippen LogP contribution is -2.54. The summed E-state index contributed by atoms with van der Waals surface area (Å²) >= 11 is 1.53. The Labute approximate surface area is 121 Å². The van der Waals surface area contributed by atoms with Crippen LogP contribution in [0.3, 0.4) is 0 Å². The van der Waals surface area contributed by atoms with Crippen molar-refractivity contribution >= 4 is 23.6 Å². The number of carboxylic acid groups (broad SMARTS) is 1. The number of carboxylic acids is 1. The van der Waals surface area contributed by atoms with Crippen LogP contribution in [0.15, 0.2) is 18.2 Å². The normalized spacial score (nSPS) is 21.5. The molecule has 0 aliphatic carbocycles. The van der Waals surface area contributed by atoms with E-state index in [-0.39, 0.29) is 0 Å². The Kier molecular flexibility index (Phi) is 4.23. The number of ether oxygens (including phenoxy) is 1. The monoisotopic (exact) mass is 295 g/mol. The van der Waals surface area contributed by atoms with E-state index in [1.807, 2.05) is 13.0 Å². The van der Waals surface area contributed by atoms with E-state index in [2.05, 4.69) is 5.32 Å². The number of aliphatic carboxylic acids is 1. The number of thioether (sulfide) groups is 1. The van der Waals surface area contributed by atoms with Gasteiger partial charge in [-0.2, -0.15) is 11.8 Å². The van der Waals surface area contributed by atoms with Crippen molar-refractivity contribution in [3.05, 3.63) is 29.3 Å². The zero-order chi connectivity index (χ0) is 14.8. The number of carbonyl (C=O) groups excluding carboxylic acids is 1. The number of carbonyl (C=O) groups is 2. The van der Waals surface area contributed by atoms with E-state index in [4.69, 9.17) is 4.74 Å². The van der Waals surface area contributed by atoms with Crippen LogP contribution in [-0.2, 0) is 4.79 Å². The first-order chi connectivity index (χ1) is 9.48. The van der Waals surface area contributed by atoms with E-state index >= 15 is 0 Å². The quantitative estimate of drug-likeness (QED) is 0.884. The van der Waals surface area contributed by atoms with Gasteiger partial charge in [0.2, 0.25) is 0 Å². The van der Waals surface area contributed by atoms with Crippen molar-refractivity contribution in [3.8, 4) is 5.75 Å². The maximum Gasteiger partial charge on any atom is 0.330 e. The molecule has 2 rings (SSSR count). The van der Waals surface area contributed by atoms with Crippen LogP contribution in [0.4, 0.5) is 0 Å². The van der Waals surface area contributed by atoms with Gasteiger partial charge in [-0.25, -0.2) is 4.79 Å². The van der Waals surface area contributed by atoms with Gasteiger partial charge in [-0.15, -0.1) is 0 Å². The number of hydrogen-bond donors (Lipinski definition) is 2. The molecule has 1 heterocycles. The molecule has 1 unspecified atom stereocenters. The van der Waals surface area contributed by atoms with Crippen molar-refractivity contribution < 1.29 is 19.4 Å². The van der Waals surface area contributed by atoms with Gasteiger partial charge in [0.1, 0.15) is 11.3 Å². The molecule has 1 amide bonds. The molecule has 0 radical (unpaired) electrons. The van der Waals surface area contributed by atoms with Gasteiger partial charge in [0, 0.05) is 5.75 Å². The number of benzene rings is 1. The lowest BCUT2D eigenvalue weighted by molar-refractivity contribution is -0.143. The lowest BCUT2D eigenvalue weighted by atomic mass is 9.98. The van der Waals surface area contributed by atoms with E-state index in [1.54, 1.807) is 12.1 Å². The van der Waals surface area contributed by atoms with Crippen LogP contribution < -0.4 is 10.1 Å². The predicted molar refractivity (Wildman–Crippen MR) is 77.5 cm³/mol. The molecule has 0 saturated carbocycles. The average Bonchev–Trinajstić information content (AvgIpc) is 2.88. The molecule has 1 saturated heterocycles. The topological polar surface area (TPSA) is 75.6 Å². The summed E-state index contributed by atoms with van der Waals surface area (Å²) in [5, 5.41) is 12.1. The van der Waals surface area contributed by atoms with Crippen LogP contribution in [0, 0.1) is 6.92 Å². The largest absolute Gasteiger partial charge is 0.496 e. The summed E-state index contributed by atoms with van der Waals surface area (Å²) in [6.07, 6.45) is 0.437. The Hall–Kier alpha value is -1.69. The molecule has 0 aromatic heterocycles. The van der Waals surface area contributed by atoms with Crippen molar-refractivity contribution in [2.75, 3.05) is 18.6 Å². The van der Waals surface area contributed by atoms with E-state index < -0.39 is 17.4 Å². The van der Waals surface area contributed by atoms with Gasteiger partial charge in [0.15, 0.2) is 0 Å². The van der Waals surface area contributed by atoms with Gasteiger partial charge < -0.3 is 15.2 Å². The minimum atomic E-state index is -1.17. The third-order valence-electron chi connectivity index (χ3n) is 3.38. The summed E-state index contributed by atoms with van der Waals surface area (Å²) in [5.74, 6) is 0.178. The van der Waals surface area contributed by atoms with Gasteiger partial charge in [-0.3, -0.25) is 4.79 Å². The molecule has 5 nitrogen and oxygen atoms in total. The van der Waals surface area contributed by atoms with Gasteiger partial charge >= 0.3 is 5.97 Å². The fourth-order valence-corrected chi connectivity index (χ4v) is 3.50. The molecule has 1 aromatic rings. The SMILES string of the molecule is COc1ccc(C)cc1C(=O)NC1(C(=O)O)CCSC1. The Morgan fingerprint density at radius 3 is 2.75 bits per heavy atom. The Morgan fingerprint density at radius 1 is 1.45 bits per heavy atom. The lowest BCUT2D eigenvalue weighted by Gasteiger charge is -2.25. The first-order valence-corrected chi connectivity index (χ1v) is 7.42. The van der Waals surface area contributed by atoms with Crippen molar-refractivity contribution in [3.63, 3.8) is 0 Å². The highest BCUT2D eigenvalue weighted by atomic mass is 32.2. The molecule has 1 aliphatic heterocycles. The van der Waals surface area contributed by atoms with Gasteiger partial charge in [0.05, 0.1) is 12.7 Å². The van der Waals surface area contributed by atoms with Crippen molar-refractivity contribution in [1.29, 1.82) is 0 Å². The van der Waals surface area contributed by atoms with E-state index in [1.165, 1.54) is 18.9 Å². The Balaban J connectivity index is 2.28. The predicted octanol–water partition coefficient (Wildman–Crippen LogP) is 1.69. The number of nitrogens with one attached hydrogen (secondary N) is 1. The maximum absolute atomic E-state index is 12.4. The molecule has 20 heavy (non-hydrogen) atoms. The van der Waals surface area contributed by atoms with E-state index in [0.717, 1.165) is 11.3 Å². The van der Waals surface area contributed by atoms with Crippen LogP contribution in [0.5, 0.6) is 5.75 Å². The second-order valence-electron chi connectivity index (χ2n) is 4.85. The van der Waals surface area contributed by atoms with E-state index in [0.29, 0.717) is 23.5 Å². The summed E-state index contributed by atoms with van der Waals surface area (Å²) in [6, 6.07) is 5.25. The first-order valence-electron chi connectivity index (χ1n) is 6.27. The number of methoxy groups -OCH3 is 1. The van der Waals surface area contributed by atoms with Crippen molar-refractivity contribution in [2.45, 2.75) is 18.9 Å². The summed E-state index contributed by atoms with van der Waals surface area (Å²) in [4.78, 5) is 23.8. The van der Waals surface area contributed by atoms with Crippen LogP contribution in [0.2, 0.25) is 0 Å². The summed E-state index contributed by atoms with van der Waals surface area (Å²) in [5.41, 5.74) is 0.113. The van der Waals surface area contributed by atoms with Crippen LogP contribution in [0.25, 0.3) is 0 Å². The van der Waals surface area contributed by atoms with E-state index in [9.17, 15) is 14.7 Å². The summed E-state index contributed by atoms with van der Waals surface area (Å²) in [6.45, 7) is 1.87. The molecule has 2 N–H and O–H groups in total. The van der Waals surface area contributed by atoms with Gasteiger partial charge in [-0.05, 0) is 31.2 Å². The number of aryl methyl sites for hydroxylation is 1. The fourth-order valence-electron chi connectivity index (χ4n) is 2.17. The minimum absolute atomic E-state index is 0.366. The molecule has 108 valence electrons. The summed E-state index contributed by atoms with van der Waals surface area (Å²) < 4.78 is 5.17. The van der Waals surface area contributed by atoms with Crippen LogP contribution in [0.1, 0.15) is 22.3 Å². The zero-order valence-electron chi connectivity index (χ0n) is 11.4. The molecule has 0 spiro atoms. The van der Waals surface area contributed by atoms with Gasteiger partial charge in [-0.1, -0.05) is 11.6 Å². The highest BCUT2D eigenvalue weighted by Crippen LogP contribution is 2.29. The van der Waals surface area contributed by atoms with Crippen LogP contribution in [-0.4, -0.2) is 41.1 Å². The third-order valence-corrected chi connectivity index (χ3v) is 4.57. The molecular weight excluding hydrogens is 278 g/mol. The minimum Gasteiger partial charge on any atom is -0.496 e. The Morgan fingerprint density at radius 2 is 2.20 bits per heavy atom. The second kappa shape index (κ2) is 5.75. The number of amides is 1. The number of rotatable bonds is 4. The smallest absolute Gasteiger partial charge is 0.330 e. The average molecular weight is 295 g/mol. The standard InChI is InChI=1S/C14H17NO4S/c1-9-3-4-11(19-2)10(7-9)12(16)15-14(13(17)18)5-6-20-8-14/h3-4,7H,5-6,8H2,1-2H3,(H,15,16)(H,17,18). The fraction of sp³-hybridized carbons (Fsp3) is 0.429. The third kappa shape index (κ3) is 2.75. The highest BCUT2D eigenvalue weighted by molar-refractivity contribution is 7.99. The molecule has 1 aliphatic rings. The molecule has 1 fully saturated rings. The summed E-state index contributed by atoms with van der Waals surface area (Å²) in [7, 11) is 1.49. The molecule has 1 aromatic carbocycles.